The van der Waals surface area contributed by atoms with Crippen molar-refractivity contribution in [2.24, 2.45) is 0 Å². The Morgan fingerprint density at radius 1 is 0.833 bits per heavy atom. The molecule has 7 heteroatoms. The highest BCUT2D eigenvalue weighted by Gasteiger charge is 2.22. The van der Waals surface area contributed by atoms with Gasteiger partial charge in [-0.3, -0.25) is 4.79 Å². The van der Waals surface area contributed by atoms with Crippen LogP contribution in [0.15, 0.2) is 24.3 Å². The molecule has 0 spiro atoms. The monoisotopic (exact) mass is 330 g/mol. The fraction of sp³-hybridized carbons (Fsp3) is 0.235. The third-order valence-corrected chi connectivity index (χ3v) is 3.57. The molecule has 0 heterocycles. The van der Waals surface area contributed by atoms with Crippen LogP contribution in [0.2, 0.25) is 0 Å². The van der Waals surface area contributed by atoms with E-state index >= 15 is 0 Å². The number of rotatable bonds is 6. The Balaban J connectivity index is 2.97. The van der Waals surface area contributed by atoms with E-state index in [0.29, 0.717) is 18.8 Å². The van der Waals surface area contributed by atoms with Gasteiger partial charge in [0.2, 0.25) is 0 Å². The van der Waals surface area contributed by atoms with Crippen LogP contribution in [0.25, 0.3) is 10.8 Å². The summed E-state index contributed by atoms with van der Waals surface area (Å²) in [6.45, 7) is 4.47. The van der Waals surface area contributed by atoms with E-state index in [4.69, 9.17) is 0 Å². The van der Waals surface area contributed by atoms with E-state index in [1.807, 2.05) is 6.92 Å². The SMILES string of the molecule is CCNC(=O)c1ccc(C(=O)O)c2c(NCC)ccc(C(=O)O)c12. The number of hydrogen-bond donors (Lipinski definition) is 4. The van der Waals surface area contributed by atoms with Gasteiger partial charge in [-0.05, 0) is 38.1 Å². The van der Waals surface area contributed by atoms with Crippen LogP contribution in [0.5, 0.6) is 0 Å². The van der Waals surface area contributed by atoms with Crippen LogP contribution in [0.4, 0.5) is 5.69 Å². The molecule has 0 unspecified atom stereocenters. The van der Waals surface area contributed by atoms with Gasteiger partial charge in [-0.15, -0.1) is 0 Å². The summed E-state index contributed by atoms with van der Waals surface area (Å²) in [5.74, 6) is -2.86. The summed E-state index contributed by atoms with van der Waals surface area (Å²) < 4.78 is 0. The highest BCUT2D eigenvalue weighted by molar-refractivity contribution is 6.21. The average molecular weight is 330 g/mol. The summed E-state index contributed by atoms with van der Waals surface area (Å²) >= 11 is 0. The molecule has 0 aliphatic carbocycles. The molecule has 0 bridgehead atoms. The van der Waals surface area contributed by atoms with Gasteiger partial charge in [0.15, 0.2) is 0 Å². The number of carbonyl (C=O) groups excluding carboxylic acids is 1. The second-order valence-electron chi connectivity index (χ2n) is 5.07. The lowest BCUT2D eigenvalue weighted by atomic mass is 9.93. The number of nitrogens with one attached hydrogen (secondary N) is 2. The maximum atomic E-state index is 12.3. The Bertz CT molecular complexity index is 829. The number of carboxylic acids is 2. The maximum absolute atomic E-state index is 12.3. The van der Waals surface area contributed by atoms with E-state index in [1.54, 1.807) is 6.92 Å². The summed E-state index contributed by atoms with van der Waals surface area (Å²) in [6, 6.07) is 5.56. The number of hydrogen-bond acceptors (Lipinski definition) is 4. The van der Waals surface area contributed by atoms with E-state index in [-0.39, 0.29) is 27.5 Å². The number of carboxylic acid groups (broad SMARTS) is 2. The summed E-state index contributed by atoms with van der Waals surface area (Å²) in [4.78, 5) is 35.5. The third kappa shape index (κ3) is 3.01. The van der Waals surface area contributed by atoms with Crippen LogP contribution in [0.1, 0.15) is 44.9 Å². The summed E-state index contributed by atoms with van der Waals surface area (Å²) in [5, 5.41) is 24.9. The van der Waals surface area contributed by atoms with E-state index < -0.39 is 17.8 Å². The number of amides is 1. The van der Waals surface area contributed by atoms with Gasteiger partial charge >= 0.3 is 11.9 Å². The zero-order chi connectivity index (χ0) is 17.9. The highest BCUT2D eigenvalue weighted by atomic mass is 16.4. The van der Waals surface area contributed by atoms with Crippen LogP contribution >= 0.6 is 0 Å². The van der Waals surface area contributed by atoms with Crippen LogP contribution in [0.3, 0.4) is 0 Å². The zero-order valence-electron chi connectivity index (χ0n) is 13.3. The van der Waals surface area contributed by atoms with Crippen molar-refractivity contribution in [3.63, 3.8) is 0 Å². The fourth-order valence-corrected chi connectivity index (χ4v) is 2.63. The van der Waals surface area contributed by atoms with Crippen molar-refractivity contribution in [1.29, 1.82) is 0 Å². The van der Waals surface area contributed by atoms with Gasteiger partial charge in [0.25, 0.3) is 5.91 Å². The number of benzene rings is 2. The van der Waals surface area contributed by atoms with Crippen molar-refractivity contribution >= 4 is 34.3 Å². The van der Waals surface area contributed by atoms with Crippen molar-refractivity contribution in [2.75, 3.05) is 18.4 Å². The predicted octanol–water partition coefficient (Wildman–Crippen LogP) is 2.42. The summed E-state index contributed by atoms with van der Waals surface area (Å²) in [7, 11) is 0. The minimum atomic E-state index is -1.23. The van der Waals surface area contributed by atoms with Gasteiger partial charge in [0.05, 0.1) is 11.1 Å². The van der Waals surface area contributed by atoms with Crippen LogP contribution < -0.4 is 10.6 Å². The molecule has 2 rings (SSSR count). The highest BCUT2D eigenvalue weighted by Crippen LogP contribution is 2.33. The standard InChI is InChI=1S/C17H18N2O5/c1-3-18-12-8-7-10(16(21)22)13-9(15(20)19-4-2)5-6-11(14(12)13)17(23)24/h5-8,18H,3-4H2,1-2H3,(H,19,20)(H,21,22)(H,23,24). The second kappa shape index (κ2) is 6.99. The van der Waals surface area contributed by atoms with Gasteiger partial charge in [0.1, 0.15) is 0 Å². The number of anilines is 1. The van der Waals surface area contributed by atoms with Gasteiger partial charge in [-0.1, -0.05) is 0 Å². The first-order chi connectivity index (χ1) is 11.4. The lowest BCUT2D eigenvalue weighted by molar-refractivity contribution is 0.0686. The molecule has 0 aliphatic rings. The van der Waals surface area contributed by atoms with Gasteiger partial charge in [0, 0.05) is 35.1 Å². The second-order valence-corrected chi connectivity index (χ2v) is 5.07. The molecule has 2 aromatic carbocycles. The first-order valence-electron chi connectivity index (χ1n) is 7.50. The fourth-order valence-electron chi connectivity index (χ4n) is 2.63. The van der Waals surface area contributed by atoms with Crippen LogP contribution in [-0.4, -0.2) is 41.1 Å². The summed E-state index contributed by atoms with van der Waals surface area (Å²) in [6.07, 6.45) is 0. The van der Waals surface area contributed by atoms with Crippen LogP contribution in [-0.2, 0) is 0 Å². The molecule has 7 nitrogen and oxygen atoms in total. The quantitative estimate of drug-likeness (QED) is 0.646. The van der Waals surface area contributed by atoms with Crippen molar-refractivity contribution in [3.8, 4) is 0 Å². The zero-order valence-corrected chi connectivity index (χ0v) is 13.3. The molecule has 24 heavy (non-hydrogen) atoms. The lowest BCUT2D eigenvalue weighted by Gasteiger charge is -2.16. The molecule has 2 aromatic rings. The number of fused-ring (bicyclic) bond motifs is 1. The van der Waals surface area contributed by atoms with Crippen molar-refractivity contribution in [1.82, 2.24) is 5.32 Å². The number of aromatic carboxylic acids is 2. The lowest BCUT2D eigenvalue weighted by Crippen LogP contribution is -2.23. The van der Waals surface area contributed by atoms with E-state index in [0.717, 1.165) is 0 Å². The minimum Gasteiger partial charge on any atom is -0.478 e. The van der Waals surface area contributed by atoms with Gasteiger partial charge in [-0.2, -0.15) is 0 Å². The Morgan fingerprint density at radius 2 is 1.38 bits per heavy atom. The minimum absolute atomic E-state index is 0.0582. The molecular formula is C17H18N2O5. The number of carbonyl (C=O) groups is 3. The van der Waals surface area contributed by atoms with Gasteiger partial charge < -0.3 is 20.8 Å². The van der Waals surface area contributed by atoms with E-state index in [2.05, 4.69) is 10.6 Å². The first kappa shape index (κ1) is 17.3. The van der Waals surface area contributed by atoms with E-state index in [9.17, 15) is 24.6 Å². The van der Waals surface area contributed by atoms with Crippen molar-refractivity contribution in [2.45, 2.75) is 13.8 Å². The maximum Gasteiger partial charge on any atom is 0.336 e. The molecule has 0 aromatic heterocycles. The third-order valence-electron chi connectivity index (χ3n) is 3.57. The van der Waals surface area contributed by atoms with Crippen LogP contribution in [0, 0.1) is 0 Å². The Hall–Kier alpha value is -3.09. The topological polar surface area (TPSA) is 116 Å². The summed E-state index contributed by atoms with van der Waals surface area (Å²) in [5.41, 5.74) is 0.433. The van der Waals surface area contributed by atoms with Crippen molar-refractivity contribution < 1.29 is 24.6 Å². The first-order valence-corrected chi connectivity index (χ1v) is 7.50. The molecule has 126 valence electrons. The normalized spacial score (nSPS) is 10.4. The largest absolute Gasteiger partial charge is 0.478 e. The molecule has 0 saturated carbocycles. The molecule has 0 aliphatic heterocycles. The molecule has 0 radical (unpaired) electrons. The average Bonchev–Trinajstić information content (AvgIpc) is 2.53. The Morgan fingerprint density at radius 3 is 1.92 bits per heavy atom. The Kier molecular flexibility index (Phi) is 5.03. The van der Waals surface area contributed by atoms with Crippen molar-refractivity contribution in [3.05, 3.63) is 41.0 Å². The predicted molar refractivity (Wildman–Crippen MR) is 90.0 cm³/mol. The molecule has 1 amide bonds. The molecule has 4 N–H and O–H groups in total. The Labute approximate surface area is 138 Å². The molecule has 0 fully saturated rings. The van der Waals surface area contributed by atoms with E-state index in [1.165, 1.54) is 24.3 Å². The molecular weight excluding hydrogens is 312 g/mol. The smallest absolute Gasteiger partial charge is 0.336 e. The van der Waals surface area contributed by atoms with Gasteiger partial charge in [-0.25, -0.2) is 9.59 Å². The molecule has 0 atom stereocenters. The molecule has 0 saturated heterocycles.